The highest BCUT2D eigenvalue weighted by Crippen LogP contribution is 1.86. The van der Waals surface area contributed by atoms with Crippen LogP contribution in [-0.4, -0.2) is 59.7 Å². The SMILES string of the molecule is CCOC([SiH3])OCC.COC([SiH3])OC. The van der Waals surface area contributed by atoms with Gasteiger partial charge < -0.3 is 18.9 Å². The van der Waals surface area contributed by atoms with E-state index in [1.807, 2.05) is 13.8 Å². The molecule has 0 aromatic carbocycles. The van der Waals surface area contributed by atoms with E-state index in [9.17, 15) is 0 Å². The first-order chi connectivity index (χ1) is 6.62. The van der Waals surface area contributed by atoms with Crippen LogP contribution in [0.5, 0.6) is 0 Å². The maximum atomic E-state index is 5.12. The molecule has 0 aromatic heterocycles. The molecule has 0 rings (SSSR count). The van der Waals surface area contributed by atoms with E-state index >= 15 is 0 Å². The van der Waals surface area contributed by atoms with Crippen molar-refractivity contribution >= 4 is 20.5 Å². The van der Waals surface area contributed by atoms with Gasteiger partial charge in [0.2, 0.25) is 0 Å². The first kappa shape index (κ1) is 16.7. The Bertz CT molecular complexity index is 95.3. The first-order valence-electron chi connectivity index (χ1n) is 4.91. The zero-order chi connectivity index (χ0) is 11.4. The summed E-state index contributed by atoms with van der Waals surface area (Å²) < 4.78 is 19.7. The van der Waals surface area contributed by atoms with E-state index in [0.717, 1.165) is 33.7 Å². The molecule has 14 heavy (non-hydrogen) atoms. The van der Waals surface area contributed by atoms with E-state index in [1.165, 1.54) is 0 Å². The summed E-state index contributed by atoms with van der Waals surface area (Å²) in [6, 6.07) is 0. The number of ether oxygens (including phenoxy) is 4. The Kier molecular flexibility index (Phi) is 15.8. The molecule has 0 N–H and O–H groups in total. The summed E-state index contributed by atoms with van der Waals surface area (Å²) in [5.74, 6) is 0.176. The van der Waals surface area contributed by atoms with Crippen molar-refractivity contribution in [1.82, 2.24) is 0 Å². The van der Waals surface area contributed by atoms with Crippen LogP contribution in [0.3, 0.4) is 0 Å². The third-order valence-corrected chi connectivity index (χ3v) is 3.08. The molecule has 0 amide bonds. The van der Waals surface area contributed by atoms with Gasteiger partial charge in [0, 0.05) is 27.4 Å². The quantitative estimate of drug-likeness (QED) is 0.424. The van der Waals surface area contributed by atoms with Crippen molar-refractivity contribution < 1.29 is 18.9 Å². The Morgan fingerprint density at radius 2 is 1.21 bits per heavy atom. The van der Waals surface area contributed by atoms with E-state index in [4.69, 9.17) is 18.9 Å². The van der Waals surface area contributed by atoms with Gasteiger partial charge in [0.25, 0.3) is 0 Å². The summed E-state index contributed by atoms with van der Waals surface area (Å²) in [4.78, 5) is 0. The second kappa shape index (κ2) is 13.3. The molecule has 0 saturated heterocycles. The zero-order valence-electron chi connectivity index (χ0n) is 10.2. The van der Waals surface area contributed by atoms with Crippen LogP contribution in [0.15, 0.2) is 0 Å². The van der Waals surface area contributed by atoms with Gasteiger partial charge in [-0.15, -0.1) is 0 Å². The molecule has 0 spiro atoms. The van der Waals surface area contributed by atoms with Gasteiger partial charge in [-0.2, -0.15) is 0 Å². The number of hydrogen-bond acceptors (Lipinski definition) is 4. The van der Waals surface area contributed by atoms with Gasteiger partial charge in [-0.1, -0.05) is 0 Å². The molecule has 0 aliphatic rings. The third-order valence-electron chi connectivity index (χ3n) is 1.47. The average Bonchev–Trinajstić information content (AvgIpc) is 2.18. The van der Waals surface area contributed by atoms with Gasteiger partial charge >= 0.3 is 0 Å². The highest BCUT2D eigenvalue weighted by molar-refractivity contribution is 6.10. The third kappa shape index (κ3) is 14.8. The van der Waals surface area contributed by atoms with Crippen LogP contribution < -0.4 is 0 Å². The van der Waals surface area contributed by atoms with Gasteiger partial charge in [-0.05, 0) is 13.8 Å². The molecule has 0 atom stereocenters. The summed E-state index contributed by atoms with van der Waals surface area (Å²) >= 11 is 0. The molecule has 0 aliphatic carbocycles. The van der Waals surface area contributed by atoms with Crippen LogP contribution in [0.25, 0.3) is 0 Å². The van der Waals surface area contributed by atoms with Gasteiger partial charge in [0.05, 0.1) is 20.5 Å². The summed E-state index contributed by atoms with van der Waals surface area (Å²) in [6.07, 6.45) is 0. The van der Waals surface area contributed by atoms with Crippen molar-refractivity contribution in [2.45, 2.75) is 25.7 Å². The normalized spacial score (nSPS) is 10.7. The maximum absolute atomic E-state index is 5.12. The lowest BCUT2D eigenvalue weighted by Gasteiger charge is -2.09. The molecular weight excluding hydrogens is 216 g/mol. The predicted molar refractivity (Wildman–Crippen MR) is 64.7 cm³/mol. The topological polar surface area (TPSA) is 36.9 Å². The van der Waals surface area contributed by atoms with Crippen molar-refractivity contribution in [3.05, 3.63) is 0 Å². The fraction of sp³-hybridized carbons (Fsp3) is 1.00. The van der Waals surface area contributed by atoms with Crippen molar-refractivity contribution in [3.63, 3.8) is 0 Å². The van der Waals surface area contributed by atoms with Crippen LogP contribution in [0.4, 0.5) is 0 Å². The second-order valence-corrected chi connectivity index (χ2v) is 4.40. The number of methoxy groups -OCH3 is 2. The summed E-state index contributed by atoms with van der Waals surface area (Å²) in [5.41, 5.74) is 0. The molecule has 0 heterocycles. The van der Waals surface area contributed by atoms with Crippen LogP contribution in [-0.2, 0) is 18.9 Å². The Labute approximate surface area is 93.1 Å². The molecule has 0 fully saturated rings. The minimum Gasteiger partial charge on any atom is -0.361 e. The van der Waals surface area contributed by atoms with E-state index in [1.54, 1.807) is 14.2 Å². The second-order valence-electron chi connectivity index (χ2n) is 2.52. The molecule has 0 radical (unpaired) electrons. The van der Waals surface area contributed by atoms with Crippen LogP contribution >= 0.6 is 0 Å². The van der Waals surface area contributed by atoms with E-state index in [-0.39, 0.29) is 11.8 Å². The van der Waals surface area contributed by atoms with Gasteiger partial charge in [-0.3, -0.25) is 0 Å². The van der Waals surface area contributed by atoms with E-state index in [2.05, 4.69) is 0 Å². The minimum absolute atomic E-state index is 0.0741. The van der Waals surface area contributed by atoms with Crippen LogP contribution in [0.2, 0.25) is 0 Å². The van der Waals surface area contributed by atoms with Gasteiger partial charge in [0.15, 0.2) is 0 Å². The lowest BCUT2D eigenvalue weighted by molar-refractivity contribution is -0.0801. The molecular formula is C8H24O4Si2. The lowest BCUT2D eigenvalue weighted by Crippen LogP contribution is -2.16. The molecule has 0 saturated carbocycles. The molecule has 6 heteroatoms. The molecule has 0 bridgehead atoms. The molecule has 88 valence electrons. The largest absolute Gasteiger partial charge is 0.361 e. The van der Waals surface area contributed by atoms with Gasteiger partial charge in [0.1, 0.15) is 11.8 Å². The van der Waals surface area contributed by atoms with Crippen molar-refractivity contribution in [2.24, 2.45) is 0 Å². The van der Waals surface area contributed by atoms with Crippen LogP contribution in [0, 0.1) is 0 Å². The highest BCUT2D eigenvalue weighted by atomic mass is 28.1. The van der Waals surface area contributed by atoms with Crippen LogP contribution in [0.1, 0.15) is 13.8 Å². The van der Waals surface area contributed by atoms with E-state index < -0.39 is 0 Å². The highest BCUT2D eigenvalue weighted by Gasteiger charge is 1.94. The Morgan fingerprint density at radius 1 is 0.857 bits per heavy atom. The zero-order valence-corrected chi connectivity index (χ0v) is 14.2. The standard InChI is InChI=1S/C5H14O2Si.C3H10O2Si/c1-3-6-5(8)7-4-2;1-4-3(6)5-2/h5H,3-4H2,1-2,8H3;3H,1-2,6H3. The van der Waals surface area contributed by atoms with Gasteiger partial charge in [-0.25, -0.2) is 0 Å². The van der Waals surface area contributed by atoms with E-state index in [0.29, 0.717) is 0 Å². The van der Waals surface area contributed by atoms with Crippen molar-refractivity contribution in [3.8, 4) is 0 Å². The maximum Gasteiger partial charge on any atom is 0.131 e. The molecule has 4 nitrogen and oxygen atoms in total. The first-order valence-corrected chi connectivity index (χ1v) is 7.21. The fourth-order valence-corrected chi connectivity index (χ4v) is 1.28. The lowest BCUT2D eigenvalue weighted by atomic mass is 10.9. The molecule has 0 aliphatic heterocycles. The Morgan fingerprint density at radius 3 is 1.36 bits per heavy atom. The number of rotatable bonds is 6. The minimum atomic E-state index is 0.0741. The fourth-order valence-electron chi connectivity index (χ4n) is 0.614. The number of hydrogen-bond donors (Lipinski definition) is 0. The molecule has 0 unspecified atom stereocenters. The average molecular weight is 240 g/mol. The Hall–Kier alpha value is 0.274. The molecule has 0 aromatic rings. The smallest absolute Gasteiger partial charge is 0.131 e. The summed E-state index contributed by atoms with van der Waals surface area (Å²) in [6.45, 7) is 5.47. The summed E-state index contributed by atoms with van der Waals surface area (Å²) in [7, 11) is 5.19. The Balaban J connectivity index is 0. The van der Waals surface area contributed by atoms with Crippen molar-refractivity contribution in [1.29, 1.82) is 0 Å². The van der Waals surface area contributed by atoms with Crippen molar-refractivity contribution in [2.75, 3.05) is 27.4 Å². The predicted octanol–water partition coefficient (Wildman–Crippen LogP) is -1.36. The summed E-state index contributed by atoms with van der Waals surface area (Å²) in [5, 5.41) is 0. The monoisotopic (exact) mass is 240 g/mol.